The maximum Gasteiger partial charge on any atom is 0.371 e. The predicted molar refractivity (Wildman–Crippen MR) is 105 cm³/mol. The van der Waals surface area contributed by atoms with Crippen molar-refractivity contribution >= 4 is 5.65 Å². The van der Waals surface area contributed by atoms with Crippen LogP contribution >= 0.6 is 0 Å². The van der Waals surface area contributed by atoms with Gasteiger partial charge in [0.15, 0.2) is 0 Å². The third kappa shape index (κ3) is 4.02. The summed E-state index contributed by atoms with van der Waals surface area (Å²) >= 11 is 0. The minimum Gasteiger partial charge on any atom is -0.307 e. The maximum absolute atomic E-state index is 13.8. The quantitative estimate of drug-likeness (QED) is 0.378. The van der Waals surface area contributed by atoms with E-state index in [9.17, 15) is 31.6 Å². The molecule has 33 heavy (non-hydrogen) atoms. The summed E-state index contributed by atoms with van der Waals surface area (Å²) < 4.78 is 81.1. The van der Waals surface area contributed by atoms with Crippen molar-refractivity contribution in [3.05, 3.63) is 60.4 Å². The van der Waals surface area contributed by atoms with Crippen molar-refractivity contribution in [3.8, 4) is 28.5 Å². The SMILES string of the molecule is Cc1cn2ccc(-c3nc(C#N)ccc3-c3cnn(CC(F)(F)C(F)(F)C(F)F)c3)cc2n1. The fraction of sp³-hybridized carbons (Fsp3) is 0.238. The summed E-state index contributed by atoms with van der Waals surface area (Å²) in [5.74, 6) is -10.5. The van der Waals surface area contributed by atoms with Crippen molar-refractivity contribution in [2.24, 2.45) is 0 Å². The van der Waals surface area contributed by atoms with E-state index in [0.29, 0.717) is 27.1 Å². The van der Waals surface area contributed by atoms with Crippen LogP contribution < -0.4 is 0 Å². The lowest BCUT2D eigenvalue weighted by atomic mass is 10.0. The average Bonchev–Trinajstić information content (AvgIpc) is 3.37. The standard InChI is InChI=1S/C21H14F6N6/c1-12-9-32-5-4-13(6-17(32)30-12)18-16(3-2-15(7-28)31-18)14-8-29-33(10-14)11-20(24,25)21(26,27)19(22)23/h2-6,8-10,19H,11H2,1H3. The molecule has 0 aliphatic carbocycles. The lowest BCUT2D eigenvalue weighted by Crippen LogP contribution is -2.49. The maximum atomic E-state index is 13.8. The van der Waals surface area contributed by atoms with Gasteiger partial charge < -0.3 is 4.40 Å². The zero-order chi connectivity index (χ0) is 24.0. The van der Waals surface area contributed by atoms with E-state index < -0.39 is 24.8 Å². The van der Waals surface area contributed by atoms with Crippen LogP contribution in [-0.2, 0) is 6.54 Å². The molecule has 12 heteroatoms. The Bertz CT molecular complexity index is 1370. The molecule has 4 rings (SSSR count). The van der Waals surface area contributed by atoms with E-state index in [0.717, 1.165) is 18.1 Å². The number of nitrogens with zero attached hydrogens (tertiary/aromatic N) is 6. The van der Waals surface area contributed by atoms with Gasteiger partial charge in [-0.05, 0) is 31.2 Å². The smallest absolute Gasteiger partial charge is 0.307 e. The zero-order valence-electron chi connectivity index (χ0n) is 16.9. The normalized spacial score (nSPS) is 12.5. The Morgan fingerprint density at radius 1 is 1.06 bits per heavy atom. The molecule has 0 saturated carbocycles. The van der Waals surface area contributed by atoms with Crippen LogP contribution in [0.4, 0.5) is 26.3 Å². The van der Waals surface area contributed by atoms with Crippen LogP contribution in [0.5, 0.6) is 0 Å². The highest BCUT2D eigenvalue weighted by Gasteiger charge is 2.63. The number of fused-ring (bicyclic) bond motifs is 1. The van der Waals surface area contributed by atoms with Gasteiger partial charge in [0.1, 0.15) is 24.0 Å². The van der Waals surface area contributed by atoms with Crippen LogP contribution in [0.15, 0.2) is 49.1 Å². The van der Waals surface area contributed by atoms with Crippen molar-refractivity contribution in [1.82, 2.24) is 24.1 Å². The van der Waals surface area contributed by atoms with E-state index >= 15 is 0 Å². The first-order valence-corrected chi connectivity index (χ1v) is 9.45. The van der Waals surface area contributed by atoms with E-state index in [-0.39, 0.29) is 11.3 Å². The largest absolute Gasteiger partial charge is 0.371 e. The van der Waals surface area contributed by atoms with Crippen molar-refractivity contribution in [2.45, 2.75) is 31.7 Å². The summed E-state index contributed by atoms with van der Waals surface area (Å²) in [7, 11) is 0. The number of alkyl halides is 6. The first kappa shape index (κ1) is 22.3. The Balaban J connectivity index is 1.75. The van der Waals surface area contributed by atoms with Gasteiger partial charge in [-0.1, -0.05) is 0 Å². The number of rotatable bonds is 6. The van der Waals surface area contributed by atoms with Crippen LogP contribution in [0.2, 0.25) is 0 Å². The first-order valence-electron chi connectivity index (χ1n) is 9.45. The van der Waals surface area contributed by atoms with Gasteiger partial charge in [-0.3, -0.25) is 4.68 Å². The Labute approximate surface area is 182 Å². The lowest BCUT2D eigenvalue weighted by molar-refractivity contribution is -0.269. The van der Waals surface area contributed by atoms with Crippen LogP contribution in [0.1, 0.15) is 11.4 Å². The van der Waals surface area contributed by atoms with Crippen LogP contribution in [-0.4, -0.2) is 42.4 Å². The molecule has 0 N–H and O–H groups in total. The minimum absolute atomic E-state index is 0.0867. The fourth-order valence-corrected chi connectivity index (χ4v) is 3.29. The Kier molecular flexibility index (Phi) is 5.35. The number of halogens is 6. The molecule has 0 bridgehead atoms. The van der Waals surface area contributed by atoms with Crippen molar-refractivity contribution in [3.63, 3.8) is 0 Å². The molecule has 0 atom stereocenters. The number of pyridine rings is 2. The van der Waals surface area contributed by atoms with Crippen LogP contribution in [0.3, 0.4) is 0 Å². The highest BCUT2D eigenvalue weighted by molar-refractivity contribution is 5.81. The Morgan fingerprint density at radius 3 is 2.52 bits per heavy atom. The zero-order valence-corrected chi connectivity index (χ0v) is 16.9. The van der Waals surface area contributed by atoms with E-state index in [2.05, 4.69) is 15.1 Å². The third-order valence-electron chi connectivity index (χ3n) is 4.93. The van der Waals surface area contributed by atoms with Gasteiger partial charge in [0, 0.05) is 35.3 Å². The van der Waals surface area contributed by atoms with Crippen LogP contribution in [0.25, 0.3) is 28.0 Å². The molecular weight excluding hydrogens is 450 g/mol. The van der Waals surface area contributed by atoms with Crippen LogP contribution in [0, 0.1) is 18.3 Å². The summed E-state index contributed by atoms with van der Waals surface area (Å²) in [6, 6.07) is 8.24. The van der Waals surface area contributed by atoms with Gasteiger partial charge >= 0.3 is 18.3 Å². The summed E-state index contributed by atoms with van der Waals surface area (Å²) in [5, 5.41) is 12.9. The number of hydrogen-bond donors (Lipinski definition) is 0. The molecule has 0 unspecified atom stereocenters. The predicted octanol–water partition coefficient (Wildman–Crippen LogP) is 4.98. The molecule has 4 aromatic heterocycles. The molecule has 4 heterocycles. The van der Waals surface area contributed by atoms with Crippen molar-refractivity contribution < 1.29 is 26.3 Å². The van der Waals surface area contributed by atoms with E-state index in [1.165, 1.54) is 12.1 Å². The first-order chi connectivity index (χ1) is 15.5. The van der Waals surface area contributed by atoms with Gasteiger partial charge in [-0.2, -0.15) is 27.9 Å². The number of imidazole rings is 1. The Hall–Kier alpha value is -3.88. The van der Waals surface area contributed by atoms with Gasteiger partial charge in [-0.25, -0.2) is 18.7 Å². The molecule has 0 saturated heterocycles. The number of nitriles is 1. The second-order valence-electron chi connectivity index (χ2n) is 7.32. The molecule has 0 fully saturated rings. The Morgan fingerprint density at radius 2 is 1.82 bits per heavy atom. The summed E-state index contributed by atoms with van der Waals surface area (Å²) in [4.78, 5) is 8.66. The molecule has 0 amide bonds. The molecule has 0 aliphatic heterocycles. The third-order valence-corrected chi connectivity index (χ3v) is 4.93. The molecule has 0 spiro atoms. The van der Waals surface area contributed by atoms with Crippen molar-refractivity contribution in [2.75, 3.05) is 0 Å². The number of aromatic nitrogens is 5. The highest BCUT2D eigenvalue weighted by atomic mass is 19.3. The van der Waals surface area contributed by atoms with E-state index in [1.807, 2.05) is 13.0 Å². The lowest BCUT2D eigenvalue weighted by Gasteiger charge is -2.25. The fourth-order valence-electron chi connectivity index (χ4n) is 3.29. The highest BCUT2D eigenvalue weighted by Crippen LogP contribution is 2.40. The minimum atomic E-state index is -5.52. The number of hydrogen-bond acceptors (Lipinski definition) is 4. The average molecular weight is 464 g/mol. The van der Waals surface area contributed by atoms with Gasteiger partial charge in [0.2, 0.25) is 0 Å². The molecule has 0 radical (unpaired) electrons. The number of aryl methyl sites for hydroxylation is 1. The molecule has 0 aromatic carbocycles. The molecular formula is C21H14F6N6. The molecule has 170 valence electrons. The molecule has 0 aliphatic rings. The summed E-state index contributed by atoms with van der Waals surface area (Å²) in [5.41, 5.74) is 2.92. The van der Waals surface area contributed by atoms with Gasteiger partial charge in [-0.15, -0.1) is 0 Å². The second kappa shape index (κ2) is 7.91. The van der Waals surface area contributed by atoms with E-state index in [4.69, 9.17) is 0 Å². The van der Waals surface area contributed by atoms with Crippen molar-refractivity contribution in [1.29, 1.82) is 5.26 Å². The second-order valence-corrected chi connectivity index (χ2v) is 7.32. The monoisotopic (exact) mass is 464 g/mol. The summed E-state index contributed by atoms with van der Waals surface area (Å²) in [6.45, 7) is 0.0665. The molecule has 6 nitrogen and oxygen atoms in total. The van der Waals surface area contributed by atoms with E-state index in [1.54, 1.807) is 28.9 Å². The molecule has 4 aromatic rings. The topological polar surface area (TPSA) is 71.8 Å². The summed E-state index contributed by atoms with van der Waals surface area (Å²) in [6.07, 6.45) is 1.16. The van der Waals surface area contributed by atoms with Gasteiger partial charge in [0.05, 0.1) is 17.6 Å². The van der Waals surface area contributed by atoms with Gasteiger partial charge in [0.25, 0.3) is 0 Å².